The molecule has 1 aliphatic heterocycles. The average molecular weight is 319 g/mol. The SMILES string of the molecule is CN=C(NCCCCOc1ccccc1)NCC1(C)CCCO1. The van der Waals surface area contributed by atoms with E-state index in [1.54, 1.807) is 7.05 Å². The minimum Gasteiger partial charge on any atom is -0.494 e. The molecule has 128 valence electrons. The summed E-state index contributed by atoms with van der Waals surface area (Å²) in [7, 11) is 1.80. The van der Waals surface area contributed by atoms with E-state index in [2.05, 4.69) is 22.5 Å². The number of aliphatic imine (C=N–C) groups is 1. The smallest absolute Gasteiger partial charge is 0.191 e. The Morgan fingerprint density at radius 2 is 2.09 bits per heavy atom. The third-order valence-electron chi connectivity index (χ3n) is 4.03. The summed E-state index contributed by atoms with van der Waals surface area (Å²) in [5, 5.41) is 6.69. The Hall–Kier alpha value is -1.75. The van der Waals surface area contributed by atoms with Crippen LogP contribution < -0.4 is 15.4 Å². The minimum atomic E-state index is -0.0544. The molecule has 0 amide bonds. The van der Waals surface area contributed by atoms with Crippen molar-refractivity contribution in [2.45, 2.75) is 38.2 Å². The summed E-state index contributed by atoms with van der Waals surface area (Å²) in [6, 6.07) is 9.93. The summed E-state index contributed by atoms with van der Waals surface area (Å²) in [6.45, 7) is 5.44. The van der Waals surface area contributed by atoms with Crippen LogP contribution in [0.4, 0.5) is 0 Å². The van der Waals surface area contributed by atoms with Gasteiger partial charge in [-0.05, 0) is 44.7 Å². The van der Waals surface area contributed by atoms with Gasteiger partial charge in [0.05, 0.1) is 12.2 Å². The van der Waals surface area contributed by atoms with Crippen LogP contribution >= 0.6 is 0 Å². The van der Waals surface area contributed by atoms with Gasteiger partial charge in [0.25, 0.3) is 0 Å². The fraction of sp³-hybridized carbons (Fsp3) is 0.611. The Kier molecular flexibility index (Phi) is 7.20. The maximum absolute atomic E-state index is 5.77. The zero-order valence-electron chi connectivity index (χ0n) is 14.3. The molecule has 0 radical (unpaired) electrons. The lowest BCUT2D eigenvalue weighted by molar-refractivity contribution is 0.0243. The topological polar surface area (TPSA) is 54.9 Å². The van der Waals surface area contributed by atoms with Crippen molar-refractivity contribution in [3.8, 4) is 5.75 Å². The van der Waals surface area contributed by atoms with Crippen LogP contribution in [0.5, 0.6) is 5.75 Å². The zero-order valence-corrected chi connectivity index (χ0v) is 14.3. The van der Waals surface area contributed by atoms with E-state index in [1.165, 1.54) is 0 Å². The van der Waals surface area contributed by atoms with Gasteiger partial charge in [-0.25, -0.2) is 0 Å². The molecule has 0 aliphatic carbocycles. The lowest BCUT2D eigenvalue weighted by atomic mass is 10.0. The van der Waals surface area contributed by atoms with Crippen molar-refractivity contribution in [2.75, 3.05) is 33.4 Å². The minimum absolute atomic E-state index is 0.0544. The van der Waals surface area contributed by atoms with E-state index in [0.29, 0.717) is 0 Å². The van der Waals surface area contributed by atoms with Crippen molar-refractivity contribution < 1.29 is 9.47 Å². The molecule has 2 rings (SSSR count). The predicted molar refractivity (Wildman–Crippen MR) is 94.1 cm³/mol. The van der Waals surface area contributed by atoms with E-state index in [-0.39, 0.29) is 5.60 Å². The second-order valence-electron chi connectivity index (χ2n) is 6.12. The average Bonchev–Trinajstić information content (AvgIpc) is 3.01. The van der Waals surface area contributed by atoms with Crippen LogP contribution in [-0.4, -0.2) is 44.9 Å². The highest BCUT2D eigenvalue weighted by molar-refractivity contribution is 5.79. The number of hydrogen-bond acceptors (Lipinski definition) is 3. The molecule has 1 aromatic carbocycles. The molecule has 1 fully saturated rings. The van der Waals surface area contributed by atoms with Crippen molar-refractivity contribution in [3.63, 3.8) is 0 Å². The normalized spacial score (nSPS) is 21.2. The van der Waals surface area contributed by atoms with Gasteiger partial charge in [0, 0.05) is 26.7 Å². The van der Waals surface area contributed by atoms with E-state index in [0.717, 1.165) is 63.7 Å². The molecule has 1 unspecified atom stereocenters. The Labute approximate surface area is 139 Å². The third-order valence-corrected chi connectivity index (χ3v) is 4.03. The van der Waals surface area contributed by atoms with Crippen LogP contribution in [0, 0.1) is 0 Å². The molecule has 1 aliphatic rings. The molecule has 23 heavy (non-hydrogen) atoms. The fourth-order valence-electron chi connectivity index (χ4n) is 2.61. The van der Waals surface area contributed by atoms with Gasteiger partial charge in [-0.15, -0.1) is 0 Å². The molecule has 1 atom stereocenters. The van der Waals surface area contributed by atoms with Gasteiger partial charge in [0.1, 0.15) is 5.75 Å². The molecule has 5 nitrogen and oxygen atoms in total. The van der Waals surface area contributed by atoms with E-state index >= 15 is 0 Å². The molecule has 0 spiro atoms. The monoisotopic (exact) mass is 319 g/mol. The van der Waals surface area contributed by atoms with Crippen molar-refractivity contribution in [2.24, 2.45) is 4.99 Å². The second kappa shape index (κ2) is 9.40. The standard InChI is InChI=1S/C18H29N3O2/c1-18(11-8-14-23-18)15-21-17(19-2)20-12-6-7-13-22-16-9-4-3-5-10-16/h3-5,9-10H,6-8,11-15H2,1-2H3,(H2,19,20,21). The maximum Gasteiger partial charge on any atom is 0.191 e. The first-order chi connectivity index (χ1) is 11.2. The molecule has 0 bridgehead atoms. The number of para-hydroxylation sites is 1. The van der Waals surface area contributed by atoms with Crippen LogP contribution in [-0.2, 0) is 4.74 Å². The lowest BCUT2D eigenvalue weighted by Crippen LogP contribution is -2.45. The summed E-state index contributed by atoms with van der Waals surface area (Å²) >= 11 is 0. The van der Waals surface area contributed by atoms with Crippen molar-refractivity contribution in [1.82, 2.24) is 10.6 Å². The number of unbranched alkanes of at least 4 members (excludes halogenated alkanes) is 1. The molecule has 2 N–H and O–H groups in total. The number of hydrogen-bond donors (Lipinski definition) is 2. The molecule has 5 heteroatoms. The Balaban J connectivity index is 1.53. The van der Waals surface area contributed by atoms with Gasteiger partial charge in [-0.2, -0.15) is 0 Å². The predicted octanol–water partition coefficient (Wildman–Crippen LogP) is 2.58. The highest BCUT2D eigenvalue weighted by Crippen LogP contribution is 2.23. The molecular weight excluding hydrogens is 290 g/mol. The van der Waals surface area contributed by atoms with Crippen LogP contribution in [0.1, 0.15) is 32.6 Å². The number of nitrogens with one attached hydrogen (secondary N) is 2. The summed E-state index contributed by atoms with van der Waals surface area (Å²) in [5.41, 5.74) is -0.0544. The van der Waals surface area contributed by atoms with Crippen LogP contribution in [0.25, 0.3) is 0 Å². The first-order valence-electron chi connectivity index (χ1n) is 8.48. The van der Waals surface area contributed by atoms with Gasteiger partial charge in [-0.3, -0.25) is 4.99 Å². The number of guanidine groups is 1. The first-order valence-corrected chi connectivity index (χ1v) is 8.48. The summed E-state index contributed by atoms with van der Waals surface area (Å²) in [5.74, 6) is 1.77. The third kappa shape index (κ3) is 6.48. The maximum atomic E-state index is 5.77. The molecule has 1 heterocycles. The lowest BCUT2D eigenvalue weighted by Gasteiger charge is -2.24. The summed E-state index contributed by atoms with van der Waals surface area (Å²) in [4.78, 5) is 4.25. The highest BCUT2D eigenvalue weighted by Gasteiger charge is 2.29. The number of benzene rings is 1. The quantitative estimate of drug-likeness (QED) is 0.439. The first kappa shape index (κ1) is 17.6. The van der Waals surface area contributed by atoms with Crippen LogP contribution in [0.2, 0.25) is 0 Å². The van der Waals surface area contributed by atoms with Crippen molar-refractivity contribution in [1.29, 1.82) is 0 Å². The van der Waals surface area contributed by atoms with E-state index in [1.807, 2.05) is 30.3 Å². The number of nitrogens with zero attached hydrogens (tertiary/aromatic N) is 1. The van der Waals surface area contributed by atoms with Gasteiger partial charge in [0.15, 0.2) is 5.96 Å². The van der Waals surface area contributed by atoms with Crippen molar-refractivity contribution in [3.05, 3.63) is 30.3 Å². The highest BCUT2D eigenvalue weighted by atomic mass is 16.5. The van der Waals surface area contributed by atoms with Crippen molar-refractivity contribution >= 4 is 5.96 Å². The van der Waals surface area contributed by atoms with E-state index < -0.39 is 0 Å². The van der Waals surface area contributed by atoms with Gasteiger partial charge >= 0.3 is 0 Å². The molecule has 0 saturated carbocycles. The van der Waals surface area contributed by atoms with Crippen LogP contribution in [0.15, 0.2) is 35.3 Å². The Morgan fingerprint density at radius 1 is 1.26 bits per heavy atom. The number of rotatable bonds is 8. The van der Waals surface area contributed by atoms with E-state index in [9.17, 15) is 0 Å². The largest absolute Gasteiger partial charge is 0.494 e. The van der Waals surface area contributed by atoms with E-state index in [4.69, 9.17) is 9.47 Å². The molecule has 0 aromatic heterocycles. The summed E-state index contributed by atoms with van der Waals surface area (Å²) in [6.07, 6.45) is 4.31. The molecule has 1 saturated heterocycles. The summed E-state index contributed by atoms with van der Waals surface area (Å²) < 4.78 is 11.5. The second-order valence-corrected chi connectivity index (χ2v) is 6.12. The fourth-order valence-corrected chi connectivity index (χ4v) is 2.61. The number of ether oxygens (including phenoxy) is 2. The van der Waals surface area contributed by atoms with Crippen LogP contribution in [0.3, 0.4) is 0 Å². The van der Waals surface area contributed by atoms with Gasteiger partial charge in [-0.1, -0.05) is 18.2 Å². The Bertz CT molecular complexity index is 470. The molecular formula is C18H29N3O2. The Morgan fingerprint density at radius 3 is 2.78 bits per heavy atom. The van der Waals surface area contributed by atoms with Gasteiger partial charge in [0.2, 0.25) is 0 Å². The van der Waals surface area contributed by atoms with Gasteiger partial charge < -0.3 is 20.1 Å². The zero-order chi connectivity index (χ0) is 16.4. The molecule has 1 aromatic rings.